The lowest BCUT2D eigenvalue weighted by molar-refractivity contribution is 0.560. The van der Waals surface area contributed by atoms with Gasteiger partial charge in [0.2, 0.25) is 0 Å². The van der Waals surface area contributed by atoms with Crippen LogP contribution in [-0.2, 0) is 5.41 Å². The molecule has 2 unspecified atom stereocenters. The van der Waals surface area contributed by atoms with Crippen molar-refractivity contribution in [3.05, 3.63) is 52.2 Å². The number of fused-ring (bicyclic) bond motifs is 1. The summed E-state index contributed by atoms with van der Waals surface area (Å²) in [7, 11) is 1.91. The average molecular weight is 388 g/mol. The van der Waals surface area contributed by atoms with E-state index >= 15 is 4.39 Å². The number of benzene rings is 1. The predicted molar refractivity (Wildman–Crippen MR) is 111 cm³/mol. The molecule has 0 bridgehead atoms. The number of pyridine rings is 1. The van der Waals surface area contributed by atoms with Crippen LogP contribution in [0, 0.1) is 11.6 Å². The molecule has 0 spiro atoms. The van der Waals surface area contributed by atoms with Crippen molar-refractivity contribution >= 4 is 0 Å². The van der Waals surface area contributed by atoms with Crippen molar-refractivity contribution in [3.63, 3.8) is 0 Å². The first-order chi connectivity index (χ1) is 13.3. The Kier molecular flexibility index (Phi) is 5.87. The van der Waals surface area contributed by atoms with Crippen molar-refractivity contribution in [2.45, 2.75) is 57.8 Å². The van der Waals surface area contributed by atoms with Gasteiger partial charge in [-0.25, -0.2) is 8.78 Å². The lowest BCUT2D eigenvalue weighted by atomic mass is 9.95. The molecule has 2 aromatic rings. The number of aromatic nitrogens is 1. The summed E-state index contributed by atoms with van der Waals surface area (Å²) < 4.78 is 30.2. The van der Waals surface area contributed by atoms with Gasteiger partial charge in [-0.1, -0.05) is 40.2 Å². The molecule has 2 atom stereocenters. The molecule has 152 valence electrons. The van der Waals surface area contributed by atoms with E-state index in [2.05, 4.69) is 18.3 Å². The van der Waals surface area contributed by atoms with Crippen LogP contribution in [0.3, 0.4) is 0 Å². The van der Waals surface area contributed by atoms with Crippen molar-refractivity contribution in [2.75, 3.05) is 20.1 Å². The highest BCUT2D eigenvalue weighted by molar-refractivity contribution is 5.78. The van der Waals surface area contributed by atoms with E-state index in [1.807, 2.05) is 27.8 Å². The van der Waals surface area contributed by atoms with E-state index in [1.54, 1.807) is 0 Å². The minimum absolute atomic E-state index is 0.0128. The molecule has 0 aliphatic heterocycles. The molecule has 1 aliphatic carbocycles. The Morgan fingerprint density at radius 1 is 1.25 bits per heavy atom. The summed E-state index contributed by atoms with van der Waals surface area (Å²) in [6, 6.07) is 4.98. The van der Waals surface area contributed by atoms with Crippen LogP contribution in [0.15, 0.2) is 18.2 Å². The molecule has 0 radical (unpaired) electrons. The molecule has 5 heteroatoms. The maximum atomic E-state index is 15.3. The zero-order chi connectivity index (χ0) is 20.6. The Labute approximate surface area is 166 Å². The van der Waals surface area contributed by atoms with E-state index in [-0.39, 0.29) is 22.8 Å². The maximum Gasteiger partial charge on any atom is 0.139 e. The molecule has 1 aliphatic rings. The summed E-state index contributed by atoms with van der Waals surface area (Å²) in [4.78, 5) is 4.82. The normalized spacial score (nSPS) is 19.0. The summed E-state index contributed by atoms with van der Waals surface area (Å²) in [5.74, 6) is -0.917. The summed E-state index contributed by atoms with van der Waals surface area (Å²) in [6.07, 6.45) is 1.97. The second-order valence-electron chi connectivity index (χ2n) is 8.38. The molecule has 1 aromatic carbocycles. The van der Waals surface area contributed by atoms with Gasteiger partial charge < -0.3 is 11.1 Å². The predicted octanol–water partition coefficient (Wildman–Crippen LogP) is 4.83. The van der Waals surface area contributed by atoms with E-state index in [0.29, 0.717) is 17.8 Å². The van der Waals surface area contributed by atoms with Gasteiger partial charge in [-0.05, 0) is 48.2 Å². The third-order valence-corrected chi connectivity index (χ3v) is 6.02. The van der Waals surface area contributed by atoms with Crippen LogP contribution in [-0.4, -0.2) is 25.1 Å². The molecule has 3 N–H and O–H groups in total. The standard InChI is InChI=1S/C23H31F2N3/c1-6-7-14(11-27-5)18-10-16-20(23(16,4)12-26)22(28-18)19-17(24)9-8-15(13(2)3)21(19)25/h8-10,13-14,27H,6-7,11-12,26H2,1-5H3. The highest BCUT2D eigenvalue weighted by Crippen LogP contribution is 2.54. The summed E-state index contributed by atoms with van der Waals surface area (Å²) >= 11 is 0. The Bertz CT molecular complexity index is 873. The molecule has 28 heavy (non-hydrogen) atoms. The highest BCUT2D eigenvalue weighted by atomic mass is 19.1. The molecule has 1 heterocycles. The number of nitrogens with two attached hydrogens (primary N) is 1. The van der Waals surface area contributed by atoms with Gasteiger partial charge in [-0.2, -0.15) is 0 Å². The molecule has 3 rings (SSSR count). The highest BCUT2D eigenvalue weighted by Gasteiger charge is 2.49. The van der Waals surface area contributed by atoms with Gasteiger partial charge in [0.25, 0.3) is 0 Å². The van der Waals surface area contributed by atoms with Gasteiger partial charge in [0, 0.05) is 30.1 Å². The van der Waals surface area contributed by atoms with Crippen molar-refractivity contribution < 1.29 is 8.78 Å². The quantitative estimate of drug-likeness (QED) is 0.682. The van der Waals surface area contributed by atoms with Gasteiger partial charge in [0.05, 0.1) is 11.3 Å². The molecule has 0 saturated carbocycles. The summed E-state index contributed by atoms with van der Waals surface area (Å²) in [6.45, 7) is 9.15. The maximum absolute atomic E-state index is 15.3. The van der Waals surface area contributed by atoms with Crippen LogP contribution >= 0.6 is 0 Å². The van der Waals surface area contributed by atoms with Crippen molar-refractivity contribution in [1.82, 2.24) is 10.3 Å². The topological polar surface area (TPSA) is 50.9 Å². The third-order valence-electron chi connectivity index (χ3n) is 6.02. The Morgan fingerprint density at radius 3 is 2.54 bits per heavy atom. The first kappa shape index (κ1) is 20.9. The van der Waals surface area contributed by atoms with Crippen LogP contribution in [0.4, 0.5) is 8.78 Å². The monoisotopic (exact) mass is 387 g/mol. The minimum atomic E-state index is -0.569. The van der Waals surface area contributed by atoms with Crippen molar-refractivity contribution in [1.29, 1.82) is 0 Å². The Balaban J connectivity index is 2.23. The third kappa shape index (κ3) is 3.35. The molecule has 0 saturated heterocycles. The fourth-order valence-corrected chi connectivity index (χ4v) is 4.21. The lowest BCUT2D eigenvalue weighted by Crippen LogP contribution is -2.18. The smallest absolute Gasteiger partial charge is 0.139 e. The lowest BCUT2D eigenvalue weighted by Gasteiger charge is -2.17. The molecular formula is C23H31F2N3. The number of nitrogens with one attached hydrogen (secondary N) is 1. The van der Waals surface area contributed by atoms with Crippen molar-refractivity contribution in [2.24, 2.45) is 5.73 Å². The zero-order valence-corrected chi connectivity index (χ0v) is 17.5. The number of rotatable bonds is 8. The number of hydrogen-bond donors (Lipinski definition) is 2. The van der Waals surface area contributed by atoms with E-state index in [9.17, 15) is 4.39 Å². The van der Waals surface area contributed by atoms with Gasteiger partial charge in [-0.3, -0.25) is 4.98 Å². The number of nitrogens with zero attached hydrogens (tertiary/aromatic N) is 1. The largest absolute Gasteiger partial charge is 0.329 e. The van der Waals surface area contributed by atoms with E-state index < -0.39 is 11.6 Å². The fourth-order valence-electron chi connectivity index (χ4n) is 4.21. The Morgan fingerprint density at radius 2 is 1.96 bits per heavy atom. The Hall–Kier alpha value is -1.85. The van der Waals surface area contributed by atoms with E-state index in [4.69, 9.17) is 10.7 Å². The molecule has 0 fully saturated rings. The second-order valence-corrected chi connectivity index (χ2v) is 8.38. The molecule has 1 aromatic heterocycles. The molecule has 3 nitrogen and oxygen atoms in total. The fraction of sp³-hybridized carbons (Fsp3) is 0.522. The SMILES string of the molecule is CCCC(CNC)c1cc2c(c(-c3c(F)ccc(C(C)C)c3F)n1)C2(C)CN. The minimum Gasteiger partial charge on any atom is -0.329 e. The average Bonchev–Trinajstić information content (AvgIpc) is 3.26. The van der Waals surface area contributed by atoms with E-state index in [0.717, 1.165) is 36.2 Å². The van der Waals surface area contributed by atoms with Crippen LogP contribution < -0.4 is 11.1 Å². The van der Waals surface area contributed by atoms with Crippen LogP contribution in [0.1, 0.15) is 74.8 Å². The van der Waals surface area contributed by atoms with E-state index in [1.165, 1.54) is 12.1 Å². The van der Waals surface area contributed by atoms with Crippen LogP contribution in [0.25, 0.3) is 11.3 Å². The van der Waals surface area contributed by atoms with Crippen LogP contribution in [0.5, 0.6) is 0 Å². The second kappa shape index (κ2) is 7.88. The number of likely N-dealkylation sites (N-methyl/N-ethyl adjacent to an activating group) is 1. The molecular weight excluding hydrogens is 356 g/mol. The first-order valence-corrected chi connectivity index (χ1v) is 10.2. The van der Waals surface area contributed by atoms with Gasteiger partial charge >= 0.3 is 0 Å². The number of halogens is 2. The molecule has 0 amide bonds. The first-order valence-electron chi connectivity index (χ1n) is 10.2. The summed E-state index contributed by atoms with van der Waals surface area (Å²) in [5.41, 5.74) is 9.44. The van der Waals surface area contributed by atoms with Crippen LogP contribution in [0.2, 0.25) is 0 Å². The zero-order valence-electron chi connectivity index (χ0n) is 17.5. The van der Waals surface area contributed by atoms with Gasteiger partial charge in [0.1, 0.15) is 11.6 Å². The summed E-state index contributed by atoms with van der Waals surface area (Å²) in [5, 5.41) is 3.22. The van der Waals surface area contributed by atoms with Gasteiger partial charge in [-0.15, -0.1) is 0 Å². The number of hydrogen-bond acceptors (Lipinski definition) is 3. The van der Waals surface area contributed by atoms with Gasteiger partial charge in [0.15, 0.2) is 0 Å². The van der Waals surface area contributed by atoms with Crippen molar-refractivity contribution in [3.8, 4) is 11.3 Å².